The molecular formula is C19H16F6N4. The zero-order valence-electron chi connectivity index (χ0n) is 15.0. The monoisotopic (exact) mass is 414 g/mol. The van der Waals surface area contributed by atoms with Crippen LogP contribution in [0, 0.1) is 18.3 Å². The largest absolute Gasteiger partial charge is 0.433 e. The van der Waals surface area contributed by atoms with Crippen molar-refractivity contribution in [2.24, 2.45) is 5.92 Å². The number of fused-ring (bicyclic) bond motifs is 2. The zero-order valence-corrected chi connectivity index (χ0v) is 15.0. The molecule has 4 rings (SSSR count). The average Bonchev–Trinajstić information content (AvgIpc) is 3.35. The van der Waals surface area contributed by atoms with Crippen LogP contribution in [0.3, 0.4) is 0 Å². The number of aromatic nitrogens is 3. The van der Waals surface area contributed by atoms with Gasteiger partial charge in [-0.25, -0.2) is 9.97 Å². The molecule has 2 aromatic rings. The van der Waals surface area contributed by atoms with Crippen molar-refractivity contribution in [3.8, 4) is 12.3 Å². The molecule has 3 atom stereocenters. The lowest BCUT2D eigenvalue weighted by atomic mass is 9.97. The average molecular weight is 414 g/mol. The summed E-state index contributed by atoms with van der Waals surface area (Å²) >= 11 is 0. The van der Waals surface area contributed by atoms with Crippen molar-refractivity contribution in [2.45, 2.75) is 50.2 Å². The van der Waals surface area contributed by atoms with Crippen molar-refractivity contribution in [1.29, 1.82) is 0 Å². The minimum atomic E-state index is -4.99. The van der Waals surface area contributed by atoms with Gasteiger partial charge in [-0.3, -0.25) is 0 Å². The van der Waals surface area contributed by atoms with E-state index in [1.807, 2.05) is 0 Å². The number of hydrogen-bond donors (Lipinski definition) is 0. The number of rotatable bonds is 3. The molecule has 1 aliphatic heterocycles. The quantitative estimate of drug-likeness (QED) is 0.540. The van der Waals surface area contributed by atoms with Gasteiger partial charge in [-0.05, 0) is 37.3 Å². The first-order valence-electron chi connectivity index (χ1n) is 8.99. The van der Waals surface area contributed by atoms with Crippen LogP contribution in [0.25, 0.3) is 0 Å². The predicted molar refractivity (Wildman–Crippen MR) is 91.7 cm³/mol. The third kappa shape index (κ3) is 3.43. The maximum atomic E-state index is 13.3. The van der Waals surface area contributed by atoms with Crippen LogP contribution in [0.5, 0.6) is 0 Å². The van der Waals surface area contributed by atoms with Crippen LogP contribution in [0.2, 0.25) is 0 Å². The number of anilines is 1. The zero-order chi connectivity index (χ0) is 21.0. The van der Waals surface area contributed by atoms with E-state index in [1.54, 1.807) is 15.7 Å². The minimum absolute atomic E-state index is 0.0477. The molecule has 4 nitrogen and oxygen atoms in total. The van der Waals surface area contributed by atoms with E-state index >= 15 is 0 Å². The van der Waals surface area contributed by atoms with Crippen molar-refractivity contribution in [3.63, 3.8) is 0 Å². The molecule has 2 bridgehead atoms. The van der Waals surface area contributed by atoms with Gasteiger partial charge >= 0.3 is 12.4 Å². The Morgan fingerprint density at radius 1 is 1.10 bits per heavy atom. The van der Waals surface area contributed by atoms with Gasteiger partial charge in [0.05, 0.1) is 18.2 Å². The van der Waals surface area contributed by atoms with E-state index in [-0.39, 0.29) is 30.4 Å². The van der Waals surface area contributed by atoms with Gasteiger partial charge in [-0.15, -0.1) is 6.42 Å². The number of terminal acetylenes is 1. The second-order valence-corrected chi connectivity index (χ2v) is 7.29. The molecule has 1 aliphatic carbocycles. The van der Waals surface area contributed by atoms with Gasteiger partial charge in [0.2, 0.25) is 0 Å². The third-order valence-corrected chi connectivity index (χ3v) is 5.55. The van der Waals surface area contributed by atoms with E-state index in [2.05, 4.69) is 15.9 Å². The number of pyridine rings is 1. The highest BCUT2D eigenvalue weighted by atomic mass is 19.4. The SMILES string of the molecule is C#CCn1ccnc1[C@@H]1[C@H]2CC[C@H](C2)N1c1cc(C(F)(F)F)cc(C(F)(F)F)n1. The maximum absolute atomic E-state index is 13.3. The summed E-state index contributed by atoms with van der Waals surface area (Å²) in [7, 11) is 0. The summed E-state index contributed by atoms with van der Waals surface area (Å²) in [5.41, 5.74) is -2.93. The Morgan fingerprint density at radius 3 is 2.52 bits per heavy atom. The second kappa shape index (κ2) is 6.68. The van der Waals surface area contributed by atoms with Gasteiger partial charge in [-0.2, -0.15) is 26.3 Å². The summed E-state index contributed by atoms with van der Waals surface area (Å²) in [6.45, 7) is 0.209. The van der Waals surface area contributed by atoms with Crippen molar-refractivity contribution >= 4 is 5.82 Å². The molecule has 29 heavy (non-hydrogen) atoms. The normalized spacial score (nSPS) is 24.2. The van der Waals surface area contributed by atoms with E-state index in [9.17, 15) is 26.3 Å². The van der Waals surface area contributed by atoms with Crippen LogP contribution >= 0.6 is 0 Å². The molecule has 154 valence electrons. The molecule has 2 fully saturated rings. The van der Waals surface area contributed by atoms with E-state index < -0.39 is 29.7 Å². The van der Waals surface area contributed by atoms with Gasteiger partial charge in [0.15, 0.2) is 0 Å². The standard InChI is InChI=1S/C19H16F6N4/c1-2-6-28-7-5-26-17(28)16-11-3-4-13(8-11)29(16)15-10-12(18(20,21)22)9-14(27-15)19(23,24)25/h1,5,7,9-11,13,16H,3-4,6,8H2/t11-,13+,16-/m0/s1. The van der Waals surface area contributed by atoms with Crippen molar-refractivity contribution in [2.75, 3.05) is 4.90 Å². The first kappa shape index (κ1) is 19.6. The highest BCUT2D eigenvalue weighted by molar-refractivity contribution is 5.49. The Labute approximate surface area is 162 Å². The molecule has 0 aromatic carbocycles. The van der Waals surface area contributed by atoms with E-state index in [0.29, 0.717) is 24.7 Å². The Morgan fingerprint density at radius 2 is 1.86 bits per heavy atom. The fourth-order valence-electron chi connectivity index (χ4n) is 4.43. The van der Waals surface area contributed by atoms with Gasteiger partial charge < -0.3 is 9.47 Å². The van der Waals surface area contributed by atoms with Crippen LogP contribution in [-0.4, -0.2) is 20.6 Å². The Kier molecular flexibility index (Phi) is 4.52. The minimum Gasteiger partial charge on any atom is -0.343 e. The molecule has 0 amide bonds. The van der Waals surface area contributed by atoms with E-state index in [4.69, 9.17) is 6.42 Å². The lowest BCUT2D eigenvalue weighted by Crippen LogP contribution is -2.37. The van der Waals surface area contributed by atoms with Crippen LogP contribution < -0.4 is 4.90 Å². The molecule has 0 spiro atoms. The molecule has 2 aliphatic rings. The topological polar surface area (TPSA) is 34.0 Å². The highest BCUT2D eigenvalue weighted by Gasteiger charge is 2.50. The van der Waals surface area contributed by atoms with Crippen molar-refractivity contribution in [1.82, 2.24) is 14.5 Å². The molecule has 0 radical (unpaired) electrons. The van der Waals surface area contributed by atoms with Crippen LogP contribution in [-0.2, 0) is 18.9 Å². The van der Waals surface area contributed by atoms with E-state index in [0.717, 1.165) is 6.42 Å². The third-order valence-electron chi connectivity index (χ3n) is 5.55. The summed E-state index contributed by atoms with van der Waals surface area (Å²) in [6, 6.07) is 0.0657. The summed E-state index contributed by atoms with van der Waals surface area (Å²) in [6.07, 6.45) is 0.787. The van der Waals surface area contributed by atoms with Gasteiger partial charge in [-0.1, -0.05) is 5.92 Å². The second-order valence-electron chi connectivity index (χ2n) is 7.29. The molecule has 10 heteroatoms. The lowest BCUT2D eigenvalue weighted by Gasteiger charge is -2.36. The fourth-order valence-corrected chi connectivity index (χ4v) is 4.43. The highest BCUT2D eigenvalue weighted by Crippen LogP contribution is 2.52. The molecule has 3 heterocycles. The Balaban J connectivity index is 1.84. The first-order valence-corrected chi connectivity index (χ1v) is 8.99. The number of hydrogen-bond acceptors (Lipinski definition) is 3. The number of imidazole rings is 1. The summed E-state index contributed by atoms with van der Waals surface area (Å²) in [4.78, 5) is 9.45. The number of nitrogens with zero attached hydrogens (tertiary/aromatic N) is 4. The molecule has 1 saturated heterocycles. The van der Waals surface area contributed by atoms with Gasteiger partial charge in [0, 0.05) is 18.4 Å². The maximum Gasteiger partial charge on any atom is 0.433 e. The van der Waals surface area contributed by atoms with Gasteiger partial charge in [0.1, 0.15) is 17.3 Å². The van der Waals surface area contributed by atoms with Crippen molar-refractivity contribution < 1.29 is 26.3 Å². The molecule has 0 unspecified atom stereocenters. The fraction of sp³-hybridized carbons (Fsp3) is 0.474. The molecule has 1 saturated carbocycles. The van der Waals surface area contributed by atoms with Crippen LogP contribution in [0.1, 0.15) is 42.4 Å². The van der Waals surface area contributed by atoms with Gasteiger partial charge in [0.25, 0.3) is 0 Å². The summed E-state index contributed by atoms with van der Waals surface area (Å²) < 4.78 is 81.3. The van der Waals surface area contributed by atoms with Crippen LogP contribution in [0.15, 0.2) is 24.5 Å². The summed E-state index contributed by atoms with van der Waals surface area (Å²) in [5.74, 6) is 2.74. The van der Waals surface area contributed by atoms with Crippen LogP contribution in [0.4, 0.5) is 32.2 Å². The summed E-state index contributed by atoms with van der Waals surface area (Å²) in [5, 5.41) is 0. The molecular weight excluding hydrogens is 398 g/mol. The van der Waals surface area contributed by atoms with Crippen molar-refractivity contribution in [3.05, 3.63) is 41.6 Å². The molecule has 2 aromatic heterocycles. The smallest absolute Gasteiger partial charge is 0.343 e. The predicted octanol–water partition coefficient (Wildman–Crippen LogP) is 4.68. The number of piperidine rings is 1. The Hall–Kier alpha value is -2.70. The molecule has 0 N–H and O–H groups in total. The van der Waals surface area contributed by atoms with E-state index in [1.165, 1.54) is 6.20 Å². The number of halogens is 6. The first-order chi connectivity index (χ1) is 13.6. The lowest BCUT2D eigenvalue weighted by molar-refractivity contribution is -0.145. The Bertz CT molecular complexity index is 923. The number of alkyl halides is 6.